The van der Waals surface area contributed by atoms with E-state index in [4.69, 9.17) is 5.11 Å². The molecule has 1 amide bonds. The summed E-state index contributed by atoms with van der Waals surface area (Å²) in [4.78, 5) is 35.0. The summed E-state index contributed by atoms with van der Waals surface area (Å²) in [6, 6.07) is 0.320. The minimum absolute atomic E-state index is 0.129. The van der Waals surface area contributed by atoms with Crippen molar-refractivity contribution in [2.45, 2.75) is 25.3 Å². The summed E-state index contributed by atoms with van der Waals surface area (Å²) in [7, 11) is 1.53. The van der Waals surface area contributed by atoms with Crippen LogP contribution in [0.25, 0.3) is 0 Å². The second-order valence-corrected chi connectivity index (χ2v) is 4.80. The number of carboxylic acids is 1. The lowest BCUT2D eigenvalue weighted by Gasteiger charge is -2.32. The number of nitrogens with zero attached hydrogens (tertiary/aromatic N) is 3. The fourth-order valence-corrected chi connectivity index (χ4v) is 2.44. The van der Waals surface area contributed by atoms with E-state index in [2.05, 4.69) is 0 Å². The highest BCUT2D eigenvalue weighted by Gasteiger charge is 2.34. The van der Waals surface area contributed by atoms with Crippen LogP contribution in [0.5, 0.6) is 0 Å². The minimum atomic E-state index is -1.04. The largest absolute Gasteiger partial charge is 0.480 e. The monoisotopic (exact) mass is 281 g/mol. The molecule has 0 saturated carbocycles. The van der Waals surface area contributed by atoms with E-state index in [9.17, 15) is 19.7 Å². The first kappa shape index (κ1) is 14.0. The van der Waals surface area contributed by atoms with E-state index in [1.807, 2.05) is 0 Å². The van der Waals surface area contributed by atoms with E-state index in [1.54, 1.807) is 0 Å². The van der Waals surface area contributed by atoms with Crippen LogP contribution in [0.15, 0.2) is 12.3 Å². The van der Waals surface area contributed by atoms with Crippen molar-refractivity contribution in [3.63, 3.8) is 0 Å². The molecule has 1 aliphatic heterocycles. The summed E-state index contributed by atoms with van der Waals surface area (Å²) in [5, 5.41) is 19.9. The third-order valence-corrected chi connectivity index (χ3v) is 3.47. The standard InChI is InChI=1S/C12H15N3O5/c1-13-7-8(15(19)20)6-10(13)11(16)14-5-3-2-4-9(14)12(17)18/h6-7,9H,2-5H2,1H3,(H,17,18)/t9-/m0/s1. The Morgan fingerprint density at radius 3 is 2.70 bits per heavy atom. The van der Waals surface area contributed by atoms with Gasteiger partial charge in [0.2, 0.25) is 0 Å². The Labute approximate surface area is 114 Å². The van der Waals surface area contributed by atoms with Gasteiger partial charge in [0.15, 0.2) is 0 Å². The molecule has 8 heteroatoms. The zero-order valence-electron chi connectivity index (χ0n) is 11.0. The normalized spacial score (nSPS) is 18.9. The number of aliphatic carboxylic acids is 1. The van der Waals surface area contributed by atoms with Gasteiger partial charge < -0.3 is 14.6 Å². The van der Waals surface area contributed by atoms with Crippen molar-refractivity contribution in [2.75, 3.05) is 6.54 Å². The Kier molecular flexibility index (Phi) is 3.73. The van der Waals surface area contributed by atoms with Crippen molar-refractivity contribution in [2.24, 2.45) is 7.05 Å². The topological polar surface area (TPSA) is 106 Å². The van der Waals surface area contributed by atoms with Crippen LogP contribution in [0.4, 0.5) is 5.69 Å². The van der Waals surface area contributed by atoms with E-state index >= 15 is 0 Å². The van der Waals surface area contributed by atoms with Crippen LogP contribution in [0, 0.1) is 10.1 Å². The maximum atomic E-state index is 12.4. The smallest absolute Gasteiger partial charge is 0.326 e. The van der Waals surface area contributed by atoms with Gasteiger partial charge in [-0.1, -0.05) is 0 Å². The van der Waals surface area contributed by atoms with Crippen molar-refractivity contribution in [3.05, 3.63) is 28.1 Å². The summed E-state index contributed by atoms with van der Waals surface area (Å²) in [6.07, 6.45) is 3.15. The Hall–Kier alpha value is -2.38. The molecule has 1 aromatic heterocycles. The number of likely N-dealkylation sites (tertiary alicyclic amines) is 1. The molecule has 0 aliphatic carbocycles. The van der Waals surface area contributed by atoms with Crippen LogP contribution in [-0.4, -0.2) is 44.0 Å². The van der Waals surface area contributed by atoms with Gasteiger partial charge >= 0.3 is 5.97 Å². The molecule has 2 heterocycles. The molecular formula is C12H15N3O5. The van der Waals surface area contributed by atoms with Crippen LogP contribution in [0.2, 0.25) is 0 Å². The number of carbonyl (C=O) groups is 2. The molecule has 0 spiro atoms. The van der Waals surface area contributed by atoms with Gasteiger partial charge in [0, 0.05) is 19.7 Å². The number of rotatable bonds is 3. The fourth-order valence-electron chi connectivity index (χ4n) is 2.44. The molecule has 1 saturated heterocycles. The van der Waals surface area contributed by atoms with Crippen LogP contribution in [0.1, 0.15) is 29.8 Å². The Bertz CT molecular complexity index is 565. The summed E-state index contributed by atoms with van der Waals surface area (Å²) in [5.74, 6) is -1.52. The zero-order valence-corrected chi connectivity index (χ0v) is 11.0. The van der Waals surface area contributed by atoms with Gasteiger partial charge in [0.1, 0.15) is 11.7 Å². The molecule has 1 aliphatic rings. The Balaban J connectivity index is 2.29. The SMILES string of the molecule is Cn1cc([N+](=O)[O-])cc1C(=O)N1CCCC[C@H]1C(=O)O. The maximum Gasteiger partial charge on any atom is 0.326 e. The molecule has 1 N–H and O–H groups in total. The quantitative estimate of drug-likeness (QED) is 0.657. The third-order valence-electron chi connectivity index (χ3n) is 3.47. The van der Waals surface area contributed by atoms with Gasteiger partial charge in [0.25, 0.3) is 11.6 Å². The van der Waals surface area contributed by atoms with Gasteiger partial charge in [-0.2, -0.15) is 0 Å². The van der Waals surface area contributed by atoms with Crippen molar-refractivity contribution in [1.29, 1.82) is 0 Å². The first-order valence-corrected chi connectivity index (χ1v) is 6.26. The summed E-state index contributed by atoms with van der Waals surface area (Å²) in [5.41, 5.74) is -0.0513. The lowest BCUT2D eigenvalue weighted by atomic mass is 10.0. The summed E-state index contributed by atoms with van der Waals surface area (Å²) in [6.45, 7) is 0.356. The maximum absolute atomic E-state index is 12.4. The predicted octanol–water partition coefficient (Wildman–Crippen LogP) is 1.01. The lowest BCUT2D eigenvalue weighted by molar-refractivity contribution is -0.384. The van der Waals surface area contributed by atoms with Crippen LogP contribution in [0.3, 0.4) is 0 Å². The number of nitro groups is 1. The first-order valence-electron chi connectivity index (χ1n) is 6.26. The lowest BCUT2D eigenvalue weighted by Crippen LogP contribution is -2.48. The fraction of sp³-hybridized carbons (Fsp3) is 0.500. The summed E-state index contributed by atoms with van der Waals surface area (Å²) < 4.78 is 1.36. The zero-order chi connectivity index (χ0) is 14.9. The summed E-state index contributed by atoms with van der Waals surface area (Å²) >= 11 is 0. The Morgan fingerprint density at radius 1 is 1.45 bits per heavy atom. The molecule has 0 radical (unpaired) electrons. The number of amides is 1. The van der Waals surface area contributed by atoms with Crippen molar-refractivity contribution >= 4 is 17.6 Å². The first-order chi connectivity index (χ1) is 9.41. The van der Waals surface area contributed by atoms with E-state index < -0.39 is 22.8 Å². The number of aryl methyl sites for hydroxylation is 1. The van der Waals surface area contributed by atoms with E-state index in [1.165, 1.54) is 28.8 Å². The highest BCUT2D eigenvalue weighted by atomic mass is 16.6. The highest BCUT2D eigenvalue weighted by molar-refractivity contribution is 5.96. The molecule has 0 aromatic carbocycles. The van der Waals surface area contributed by atoms with Crippen molar-refractivity contribution in [1.82, 2.24) is 9.47 Å². The van der Waals surface area contributed by atoms with Crippen LogP contribution < -0.4 is 0 Å². The van der Waals surface area contributed by atoms with Crippen LogP contribution in [-0.2, 0) is 11.8 Å². The minimum Gasteiger partial charge on any atom is -0.480 e. The van der Waals surface area contributed by atoms with Gasteiger partial charge in [0.05, 0.1) is 11.1 Å². The predicted molar refractivity (Wildman–Crippen MR) is 68.4 cm³/mol. The number of hydrogen-bond donors (Lipinski definition) is 1. The number of piperidine rings is 1. The average Bonchev–Trinajstić information content (AvgIpc) is 2.80. The van der Waals surface area contributed by atoms with Gasteiger partial charge in [-0.25, -0.2) is 4.79 Å². The number of carbonyl (C=O) groups excluding carboxylic acids is 1. The molecule has 8 nitrogen and oxygen atoms in total. The average molecular weight is 281 g/mol. The van der Waals surface area contributed by atoms with E-state index in [0.717, 1.165) is 12.8 Å². The van der Waals surface area contributed by atoms with Gasteiger partial charge in [-0.15, -0.1) is 0 Å². The molecule has 20 heavy (non-hydrogen) atoms. The van der Waals surface area contributed by atoms with Gasteiger partial charge in [-0.05, 0) is 19.3 Å². The number of hydrogen-bond acceptors (Lipinski definition) is 4. The number of aromatic nitrogens is 1. The van der Waals surface area contributed by atoms with E-state index in [-0.39, 0.29) is 11.4 Å². The number of carboxylic acid groups (broad SMARTS) is 1. The molecule has 2 rings (SSSR count). The molecule has 0 unspecified atom stereocenters. The van der Waals surface area contributed by atoms with Gasteiger partial charge in [-0.3, -0.25) is 14.9 Å². The van der Waals surface area contributed by atoms with Crippen LogP contribution >= 0.6 is 0 Å². The molecular weight excluding hydrogens is 266 g/mol. The molecule has 1 fully saturated rings. The molecule has 1 aromatic rings. The Morgan fingerprint density at radius 2 is 2.15 bits per heavy atom. The molecule has 108 valence electrons. The van der Waals surface area contributed by atoms with E-state index in [0.29, 0.717) is 13.0 Å². The highest BCUT2D eigenvalue weighted by Crippen LogP contribution is 2.22. The molecule has 1 atom stereocenters. The van der Waals surface area contributed by atoms with Crippen molar-refractivity contribution < 1.29 is 19.6 Å². The molecule has 0 bridgehead atoms. The second-order valence-electron chi connectivity index (χ2n) is 4.80. The second kappa shape index (κ2) is 5.32. The third kappa shape index (κ3) is 2.49. The van der Waals surface area contributed by atoms with Crippen molar-refractivity contribution in [3.8, 4) is 0 Å².